The highest BCUT2D eigenvalue weighted by Crippen LogP contribution is 2.30. The van der Waals surface area contributed by atoms with Crippen molar-refractivity contribution in [1.29, 1.82) is 0 Å². The first kappa shape index (κ1) is 17.7. The molecule has 3 N–H and O–H groups in total. The van der Waals surface area contributed by atoms with Crippen LogP contribution in [0.2, 0.25) is 0 Å². The summed E-state index contributed by atoms with van der Waals surface area (Å²) in [6.07, 6.45) is 7.32. The van der Waals surface area contributed by atoms with E-state index in [-0.39, 0.29) is 10.7 Å². The third kappa shape index (κ3) is 3.32. The summed E-state index contributed by atoms with van der Waals surface area (Å²) < 4.78 is 10.9. The summed E-state index contributed by atoms with van der Waals surface area (Å²) in [4.78, 5) is 8.88. The van der Waals surface area contributed by atoms with E-state index in [1.54, 1.807) is 26.6 Å². The fraction of sp³-hybridized carbons (Fsp3) is 0.389. The van der Waals surface area contributed by atoms with Crippen molar-refractivity contribution in [3.63, 3.8) is 0 Å². The Bertz CT molecular complexity index is 818. The van der Waals surface area contributed by atoms with Gasteiger partial charge in [-0.05, 0) is 22.6 Å². The summed E-state index contributed by atoms with van der Waals surface area (Å²) in [5.74, 6) is 2.64. The first-order valence-electron chi connectivity index (χ1n) is 8.93. The van der Waals surface area contributed by atoms with Crippen LogP contribution >= 0.6 is 0 Å². The minimum Gasteiger partial charge on any atom is -0.497 e. The highest BCUT2D eigenvalue weighted by Gasteiger charge is 2.47. The smallest absolute Gasteiger partial charge is 0.301 e. The minimum absolute atomic E-state index is 0.194. The highest BCUT2D eigenvalue weighted by molar-refractivity contribution is 6.30. The van der Waals surface area contributed by atoms with Gasteiger partial charge < -0.3 is 20.5 Å². The van der Waals surface area contributed by atoms with Crippen LogP contribution in [0.3, 0.4) is 0 Å². The van der Waals surface area contributed by atoms with E-state index in [1.165, 1.54) is 0 Å². The SMILES string of the molecule is COc1cc(NC2=N[N+]3(N4CCC(N)CC4)C=CN=CC3=N2)cc(OC)c1. The van der Waals surface area contributed by atoms with Gasteiger partial charge in [0.25, 0.3) is 5.96 Å². The predicted molar refractivity (Wildman–Crippen MR) is 105 cm³/mol. The molecular weight excluding hydrogens is 346 g/mol. The predicted octanol–water partition coefficient (Wildman–Crippen LogP) is 1.51. The molecule has 1 fully saturated rings. The molecule has 1 saturated heterocycles. The zero-order valence-electron chi connectivity index (χ0n) is 15.5. The van der Waals surface area contributed by atoms with E-state index in [0.717, 1.165) is 37.5 Å². The second kappa shape index (κ2) is 7.10. The number of nitrogens with one attached hydrogen (secondary N) is 1. The van der Waals surface area contributed by atoms with Crippen LogP contribution < -0.4 is 20.5 Å². The van der Waals surface area contributed by atoms with Crippen molar-refractivity contribution in [2.24, 2.45) is 20.8 Å². The standard InChI is InChI=1S/C18H24N7O2/c1-26-15-9-14(10-16(11-15)27-2)21-18-22-17-12-20-5-8-25(17,23-18)24-6-3-13(19)4-7-24/h5,8-13H,3-4,6-7,19H2,1-2H3,(H,21,23)/q+1. The van der Waals surface area contributed by atoms with Crippen LogP contribution in [0.4, 0.5) is 5.69 Å². The number of amidine groups is 1. The van der Waals surface area contributed by atoms with E-state index < -0.39 is 0 Å². The molecular formula is C18H24N7O2+. The number of ether oxygens (including phenoxy) is 2. The van der Waals surface area contributed by atoms with Gasteiger partial charge in [0, 0.05) is 29.9 Å². The molecule has 142 valence electrons. The largest absolute Gasteiger partial charge is 0.497 e. The zero-order valence-corrected chi connectivity index (χ0v) is 15.5. The van der Waals surface area contributed by atoms with Crippen molar-refractivity contribution in [1.82, 2.24) is 5.01 Å². The number of nitrogens with zero attached hydrogens (tertiary/aromatic N) is 5. The number of hydrogen-bond donors (Lipinski definition) is 2. The van der Waals surface area contributed by atoms with Gasteiger partial charge in [-0.25, -0.2) is 0 Å². The number of rotatable bonds is 4. The summed E-state index contributed by atoms with van der Waals surface area (Å²) in [5, 5.41) is 10.4. The molecule has 27 heavy (non-hydrogen) atoms. The van der Waals surface area contributed by atoms with Crippen LogP contribution in [-0.2, 0) is 0 Å². The molecule has 1 atom stereocenters. The van der Waals surface area contributed by atoms with Crippen molar-refractivity contribution >= 4 is 23.7 Å². The molecule has 0 aromatic heterocycles. The van der Waals surface area contributed by atoms with E-state index in [2.05, 4.69) is 20.3 Å². The lowest BCUT2D eigenvalue weighted by molar-refractivity contribution is -0.918. The summed E-state index contributed by atoms with van der Waals surface area (Å²) in [7, 11) is 3.24. The van der Waals surface area contributed by atoms with Crippen LogP contribution in [0.25, 0.3) is 0 Å². The van der Waals surface area contributed by atoms with Crippen LogP contribution in [0.1, 0.15) is 12.8 Å². The fourth-order valence-corrected chi connectivity index (χ4v) is 3.42. The quantitative estimate of drug-likeness (QED) is 0.783. The molecule has 3 aliphatic rings. The Morgan fingerprint density at radius 3 is 2.52 bits per heavy atom. The third-order valence-electron chi connectivity index (χ3n) is 4.91. The summed E-state index contributed by atoms with van der Waals surface area (Å²) in [6.45, 7) is 1.70. The molecule has 4 rings (SSSR count). The number of nitrogens with two attached hydrogens (primary N) is 1. The van der Waals surface area contributed by atoms with Crippen LogP contribution in [0.5, 0.6) is 11.5 Å². The van der Waals surface area contributed by atoms with Gasteiger partial charge in [0.2, 0.25) is 0 Å². The van der Waals surface area contributed by atoms with E-state index in [4.69, 9.17) is 20.3 Å². The maximum absolute atomic E-state index is 6.07. The van der Waals surface area contributed by atoms with Crippen LogP contribution in [-0.4, -0.2) is 61.1 Å². The molecule has 1 aromatic rings. The summed E-state index contributed by atoms with van der Waals surface area (Å²) in [5.41, 5.74) is 6.85. The van der Waals surface area contributed by atoms with Gasteiger partial charge >= 0.3 is 5.84 Å². The molecule has 3 heterocycles. The second-order valence-electron chi connectivity index (χ2n) is 6.64. The molecule has 1 aromatic carbocycles. The van der Waals surface area contributed by atoms with E-state index in [0.29, 0.717) is 17.5 Å². The van der Waals surface area contributed by atoms with E-state index >= 15 is 0 Å². The first-order chi connectivity index (χ1) is 13.1. The van der Waals surface area contributed by atoms with Gasteiger partial charge in [0.05, 0.1) is 33.5 Å². The molecule has 3 aliphatic heterocycles. The van der Waals surface area contributed by atoms with Gasteiger partial charge in [-0.2, -0.15) is 0 Å². The summed E-state index contributed by atoms with van der Waals surface area (Å²) >= 11 is 0. The first-order valence-corrected chi connectivity index (χ1v) is 8.93. The Balaban J connectivity index is 1.63. The van der Waals surface area contributed by atoms with Crippen LogP contribution in [0, 0.1) is 0 Å². The Morgan fingerprint density at radius 2 is 1.85 bits per heavy atom. The average molecular weight is 370 g/mol. The average Bonchev–Trinajstić information content (AvgIpc) is 3.07. The molecule has 0 radical (unpaired) electrons. The topological polar surface area (TPSA) is 96.8 Å². The number of benzene rings is 1. The highest BCUT2D eigenvalue weighted by atomic mass is 16.5. The number of hydrogen-bond acceptors (Lipinski definition) is 8. The van der Waals surface area contributed by atoms with Crippen molar-refractivity contribution in [3.8, 4) is 11.5 Å². The normalized spacial score (nSPS) is 25.0. The Kier molecular flexibility index (Phi) is 4.65. The van der Waals surface area contributed by atoms with Crippen molar-refractivity contribution in [2.45, 2.75) is 18.9 Å². The molecule has 0 aliphatic carbocycles. The number of fused-ring (bicyclic) bond motifs is 1. The minimum atomic E-state index is 0.194. The third-order valence-corrected chi connectivity index (χ3v) is 4.91. The lowest BCUT2D eigenvalue weighted by Crippen LogP contribution is -2.59. The maximum atomic E-state index is 6.07. The van der Waals surface area contributed by atoms with E-state index in [9.17, 15) is 0 Å². The molecule has 9 heteroatoms. The monoisotopic (exact) mass is 370 g/mol. The lowest BCUT2D eigenvalue weighted by Gasteiger charge is -2.38. The van der Waals surface area contributed by atoms with Crippen molar-refractivity contribution in [2.75, 3.05) is 32.6 Å². The number of guanidine groups is 1. The van der Waals surface area contributed by atoms with Crippen molar-refractivity contribution in [3.05, 3.63) is 30.6 Å². The molecule has 0 saturated carbocycles. The fourth-order valence-electron chi connectivity index (χ4n) is 3.42. The van der Waals surface area contributed by atoms with Gasteiger partial charge in [0.15, 0.2) is 6.20 Å². The number of methoxy groups -OCH3 is 2. The lowest BCUT2D eigenvalue weighted by atomic mass is 10.1. The number of aliphatic imine (C=N–C) groups is 2. The second-order valence-corrected chi connectivity index (χ2v) is 6.64. The Labute approximate surface area is 158 Å². The molecule has 0 spiro atoms. The number of anilines is 1. The summed E-state index contributed by atoms with van der Waals surface area (Å²) in [6, 6.07) is 5.81. The molecule has 1 unspecified atom stereocenters. The van der Waals surface area contributed by atoms with Gasteiger partial charge in [-0.3, -0.25) is 4.99 Å². The zero-order chi connectivity index (χ0) is 18.9. The molecule has 9 nitrogen and oxygen atoms in total. The van der Waals surface area contributed by atoms with Gasteiger partial charge in [0.1, 0.15) is 17.7 Å². The van der Waals surface area contributed by atoms with Crippen molar-refractivity contribution < 1.29 is 14.2 Å². The molecule has 0 bridgehead atoms. The number of piperidine rings is 1. The maximum Gasteiger partial charge on any atom is 0.301 e. The Morgan fingerprint density at radius 1 is 1.15 bits per heavy atom. The van der Waals surface area contributed by atoms with Gasteiger partial charge in [-0.15, -0.1) is 10.0 Å². The van der Waals surface area contributed by atoms with Gasteiger partial charge in [-0.1, -0.05) is 0 Å². The molecule has 0 amide bonds. The van der Waals surface area contributed by atoms with Crippen LogP contribution in [0.15, 0.2) is 45.7 Å². The Hall–Kier alpha value is -2.75. The number of quaternary nitrogens is 1. The van der Waals surface area contributed by atoms with E-state index in [1.807, 2.05) is 24.4 Å².